The minimum atomic E-state index is -0.0878. The fourth-order valence-electron chi connectivity index (χ4n) is 4.07. The summed E-state index contributed by atoms with van der Waals surface area (Å²) in [6, 6.07) is 24.4. The highest BCUT2D eigenvalue weighted by atomic mass is 16.2. The van der Waals surface area contributed by atoms with Gasteiger partial charge in [0.2, 0.25) is 0 Å². The van der Waals surface area contributed by atoms with Crippen LogP contribution in [0.25, 0.3) is 11.1 Å². The molecule has 1 saturated heterocycles. The molecule has 0 aliphatic carbocycles. The van der Waals surface area contributed by atoms with E-state index in [1.54, 1.807) is 4.90 Å². The number of nitrogens with one attached hydrogen (secondary N) is 1. The van der Waals surface area contributed by atoms with Crippen LogP contribution in [0.2, 0.25) is 0 Å². The first-order valence-electron chi connectivity index (χ1n) is 11.6. The molecule has 1 fully saturated rings. The van der Waals surface area contributed by atoms with Gasteiger partial charge in [-0.3, -0.25) is 4.79 Å². The number of rotatable bonds is 5. The summed E-state index contributed by atoms with van der Waals surface area (Å²) in [4.78, 5) is 29.1. The summed E-state index contributed by atoms with van der Waals surface area (Å²) < 4.78 is 0. The lowest BCUT2D eigenvalue weighted by molar-refractivity contribution is 0.0665. The molecule has 33 heavy (non-hydrogen) atoms. The van der Waals surface area contributed by atoms with Crippen molar-refractivity contribution in [3.8, 4) is 11.1 Å². The Morgan fingerprint density at radius 3 is 2.12 bits per heavy atom. The second-order valence-corrected chi connectivity index (χ2v) is 8.55. The van der Waals surface area contributed by atoms with Crippen molar-refractivity contribution in [1.82, 2.24) is 15.1 Å². The third-order valence-corrected chi connectivity index (χ3v) is 6.22. The molecule has 0 aromatic heterocycles. The number of hydrogen-bond donors (Lipinski definition) is 1. The van der Waals surface area contributed by atoms with Gasteiger partial charge in [0, 0.05) is 38.3 Å². The fourth-order valence-corrected chi connectivity index (χ4v) is 4.07. The molecule has 0 spiro atoms. The van der Waals surface area contributed by atoms with Crippen LogP contribution in [-0.2, 0) is 13.0 Å². The monoisotopic (exact) mass is 441 g/mol. The first-order valence-corrected chi connectivity index (χ1v) is 11.6. The Hall–Kier alpha value is -3.60. The summed E-state index contributed by atoms with van der Waals surface area (Å²) in [5.74, 6) is 0.0330. The number of nitrogens with zero attached hydrogens (tertiary/aromatic N) is 2. The predicted molar refractivity (Wildman–Crippen MR) is 132 cm³/mol. The Balaban J connectivity index is 1.28. The summed E-state index contributed by atoms with van der Waals surface area (Å²) in [6.07, 6.45) is 0.957. The number of piperazine rings is 1. The van der Waals surface area contributed by atoms with Gasteiger partial charge in [0.1, 0.15) is 0 Å². The van der Waals surface area contributed by atoms with Crippen LogP contribution in [0.1, 0.15) is 34.0 Å². The van der Waals surface area contributed by atoms with E-state index in [2.05, 4.69) is 55.6 Å². The van der Waals surface area contributed by atoms with E-state index in [1.165, 1.54) is 16.7 Å². The molecule has 0 saturated carbocycles. The molecule has 1 aliphatic rings. The van der Waals surface area contributed by atoms with Crippen LogP contribution in [0.3, 0.4) is 0 Å². The molecular weight excluding hydrogens is 410 g/mol. The van der Waals surface area contributed by atoms with E-state index in [0.717, 1.165) is 17.5 Å². The van der Waals surface area contributed by atoms with Gasteiger partial charge in [-0.05, 0) is 53.8 Å². The third kappa shape index (κ3) is 5.61. The van der Waals surface area contributed by atoms with Crippen molar-refractivity contribution in [1.29, 1.82) is 0 Å². The highest BCUT2D eigenvalue weighted by Crippen LogP contribution is 2.21. The summed E-state index contributed by atoms with van der Waals surface area (Å²) in [6.45, 7) is 6.82. The van der Waals surface area contributed by atoms with E-state index < -0.39 is 0 Å². The zero-order chi connectivity index (χ0) is 23.2. The summed E-state index contributed by atoms with van der Waals surface area (Å²) in [5, 5.41) is 3.03. The van der Waals surface area contributed by atoms with E-state index in [-0.39, 0.29) is 11.9 Å². The smallest absolute Gasteiger partial charge is 0.317 e. The Morgan fingerprint density at radius 1 is 0.788 bits per heavy atom. The second kappa shape index (κ2) is 10.3. The van der Waals surface area contributed by atoms with Crippen molar-refractivity contribution < 1.29 is 9.59 Å². The van der Waals surface area contributed by atoms with Gasteiger partial charge >= 0.3 is 6.03 Å². The highest BCUT2D eigenvalue weighted by molar-refractivity contribution is 5.94. The third-order valence-electron chi connectivity index (χ3n) is 6.22. The molecule has 0 radical (unpaired) electrons. The van der Waals surface area contributed by atoms with Gasteiger partial charge in [0.05, 0.1) is 0 Å². The number of carbonyl (C=O) groups excluding carboxylic acids is 2. The molecule has 1 heterocycles. The van der Waals surface area contributed by atoms with Crippen molar-refractivity contribution in [2.45, 2.75) is 26.8 Å². The normalized spacial score (nSPS) is 13.6. The molecule has 5 nitrogen and oxygen atoms in total. The van der Waals surface area contributed by atoms with Crippen LogP contribution in [-0.4, -0.2) is 47.9 Å². The largest absolute Gasteiger partial charge is 0.335 e. The number of urea groups is 1. The van der Waals surface area contributed by atoms with Crippen LogP contribution >= 0.6 is 0 Å². The highest BCUT2D eigenvalue weighted by Gasteiger charge is 2.24. The molecule has 3 aromatic carbocycles. The number of benzene rings is 3. The van der Waals surface area contributed by atoms with E-state index in [1.807, 2.05) is 41.3 Å². The Bertz CT molecular complexity index is 1100. The van der Waals surface area contributed by atoms with Crippen molar-refractivity contribution >= 4 is 11.9 Å². The lowest BCUT2D eigenvalue weighted by Gasteiger charge is -2.34. The van der Waals surface area contributed by atoms with Gasteiger partial charge in [-0.25, -0.2) is 4.79 Å². The summed E-state index contributed by atoms with van der Waals surface area (Å²) >= 11 is 0. The predicted octanol–water partition coefficient (Wildman–Crippen LogP) is 4.89. The zero-order valence-corrected chi connectivity index (χ0v) is 19.4. The molecule has 170 valence electrons. The van der Waals surface area contributed by atoms with Crippen LogP contribution in [0.4, 0.5) is 4.79 Å². The zero-order valence-electron chi connectivity index (χ0n) is 19.4. The summed E-state index contributed by atoms with van der Waals surface area (Å²) in [7, 11) is 0. The maximum absolute atomic E-state index is 12.8. The number of amides is 3. The number of carbonyl (C=O) groups is 2. The molecule has 0 bridgehead atoms. The molecule has 0 atom stereocenters. The SMILES string of the molecule is CCc1ccc(C(=O)N2CCN(C(=O)NCc3cccc(-c4ccc(C)cc4)c3)CC2)cc1. The molecule has 3 aromatic rings. The van der Waals surface area contributed by atoms with Crippen LogP contribution in [0.5, 0.6) is 0 Å². The second-order valence-electron chi connectivity index (χ2n) is 8.55. The van der Waals surface area contributed by atoms with Crippen molar-refractivity contribution in [2.75, 3.05) is 26.2 Å². The van der Waals surface area contributed by atoms with Gasteiger partial charge in [0.15, 0.2) is 0 Å². The lowest BCUT2D eigenvalue weighted by atomic mass is 10.0. The van der Waals surface area contributed by atoms with Gasteiger partial charge in [-0.1, -0.05) is 67.1 Å². The van der Waals surface area contributed by atoms with Gasteiger partial charge in [0.25, 0.3) is 5.91 Å². The minimum absolute atomic E-state index is 0.0330. The topological polar surface area (TPSA) is 52.7 Å². The molecule has 5 heteroatoms. The van der Waals surface area contributed by atoms with E-state index in [9.17, 15) is 9.59 Å². The van der Waals surface area contributed by atoms with Gasteiger partial charge in [-0.15, -0.1) is 0 Å². The van der Waals surface area contributed by atoms with Crippen LogP contribution in [0.15, 0.2) is 72.8 Å². The number of hydrogen-bond acceptors (Lipinski definition) is 2. The molecule has 3 amide bonds. The first-order chi connectivity index (χ1) is 16.0. The Morgan fingerprint density at radius 2 is 1.45 bits per heavy atom. The average Bonchev–Trinajstić information content (AvgIpc) is 2.87. The maximum Gasteiger partial charge on any atom is 0.317 e. The molecule has 1 aliphatic heterocycles. The van der Waals surface area contributed by atoms with Crippen LogP contribution in [0, 0.1) is 6.92 Å². The minimum Gasteiger partial charge on any atom is -0.335 e. The Kier molecular flexibility index (Phi) is 7.08. The quantitative estimate of drug-likeness (QED) is 0.613. The molecule has 4 rings (SSSR count). The first kappa shape index (κ1) is 22.6. The van der Waals surface area contributed by atoms with Gasteiger partial charge < -0.3 is 15.1 Å². The van der Waals surface area contributed by atoms with E-state index in [0.29, 0.717) is 38.3 Å². The van der Waals surface area contributed by atoms with E-state index in [4.69, 9.17) is 0 Å². The van der Waals surface area contributed by atoms with Crippen molar-refractivity contribution in [3.63, 3.8) is 0 Å². The maximum atomic E-state index is 12.8. The van der Waals surface area contributed by atoms with Crippen molar-refractivity contribution in [2.24, 2.45) is 0 Å². The Labute approximate surface area is 196 Å². The van der Waals surface area contributed by atoms with Crippen molar-refractivity contribution in [3.05, 3.63) is 95.1 Å². The number of aryl methyl sites for hydroxylation is 2. The summed E-state index contributed by atoms with van der Waals surface area (Å²) in [5.41, 5.74) is 6.53. The average molecular weight is 442 g/mol. The molecule has 0 unspecified atom stereocenters. The van der Waals surface area contributed by atoms with E-state index >= 15 is 0 Å². The molecule has 1 N–H and O–H groups in total. The standard InChI is InChI=1S/C28H31N3O2/c1-3-22-9-13-25(14-10-22)27(32)30-15-17-31(18-16-30)28(33)29-20-23-5-4-6-26(19-23)24-11-7-21(2)8-12-24/h4-14,19H,3,15-18,20H2,1-2H3,(H,29,33). The fraction of sp³-hybridized carbons (Fsp3) is 0.286. The van der Waals surface area contributed by atoms with Gasteiger partial charge in [-0.2, -0.15) is 0 Å². The lowest BCUT2D eigenvalue weighted by Crippen LogP contribution is -2.53. The van der Waals surface area contributed by atoms with Crippen LogP contribution < -0.4 is 5.32 Å². The molecular formula is C28H31N3O2.